The number of carboxylic acid groups (broad SMARTS) is 1. The number of hydrogen-bond acceptors (Lipinski definition) is 4. The number of carbonyl (C=O) groups excluding carboxylic acids is 1. The Morgan fingerprint density at radius 1 is 1.36 bits per heavy atom. The van der Waals surface area contributed by atoms with Crippen molar-refractivity contribution in [3.05, 3.63) is 29.8 Å². The van der Waals surface area contributed by atoms with Gasteiger partial charge in [0, 0.05) is 0 Å². The summed E-state index contributed by atoms with van der Waals surface area (Å²) < 4.78 is 11.3. The van der Waals surface area contributed by atoms with Crippen LogP contribution in [0.25, 0.3) is 0 Å². The number of aliphatic carboxylic acids is 1. The maximum atomic E-state index is 12.1. The van der Waals surface area contributed by atoms with Gasteiger partial charge in [-0.25, -0.2) is 0 Å². The van der Waals surface area contributed by atoms with Gasteiger partial charge in [-0.2, -0.15) is 0 Å². The van der Waals surface area contributed by atoms with Gasteiger partial charge in [-0.15, -0.1) is 0 Å². The molecule has 1 aromatic carbocycles. The van der Waals surface area contributed by atoms with Crippen molar-refractivity contribution >= 4 is 41.4 Å². The van der Waals surface area contributed by atoms with Crippen LogP contribution in [0.3, 0.4) is 0 Å². The fourth-order valence-electron chi connectivity index (χ4n) is 1.52. The Morgan fingerprint density at radius 3 is 2.55 bits per heavy atom. The number of carboxylic acids is 1. The van der Waals surface area contributed by atoms with Crippen LogP contribution in [0.1, 0.15) is 10.4 Å². The van der Waals surface area contributed by atoms with E-state index in [1.165, 1.54) is 0 Å². The predicted molar refractivity (Wildman–Crippen MR) is 78.3 cm³/mol. The number of benzene rings is 1. The third kappa shape index (κ3) is 8.45. The van der Waals surface area contributed by atoms with Crippen molar-refractivity contribution in [2.75, 3.05) is 20.3 Å². The summed E-state index contributed by atoms with van der Waals surface area (Å²) in [6.45, 7) is -0.0418. The first-order valence-corrected chi connectivity index (χ1v) is 10.0. The standard InChI is InChI=1S/C13H16NO5.Hg.Na.H2O.H/c1-9(18-2)7-14-13(17)10-5-3-4-6-11(10)19-8-12(15)16;;;;/h3-6,9H,1,7-8H2,2H3,(H,14,17)(H,15,16);;;1H2;. The van der Waals surface area contributed by atoms with Gasteiger partial charge in [0.1, 0.15) is 0 Å². The molecule has 0 aliphatic carbocycles. The number of rotatable bonds is 8. The first-order chi connectivity index (χ1) is 9.58. The summed E-state index contributed by atoms with van der Waals surface area (Å²) in [7, 11) is 1.62. The molecular weight excluding hydrogens is 490 g/mol. The zero-order valence-electron chi connectivity index (χ0n) is 11.8. The maximum absolute atomic E-state index is 12.1. The number of hydrogen-bond donors (Lipinski definition) is 2. The number of nitrogens with one attached hydrogen (secondary N) is 1. The summed E-state index contributed by atoms with van der Waals surface area (Å²) in [5.41, 5.74) is 0.321. The van der Waals surface area contributed by atoms with E-state index in [4.69, 9.17) is 14.6 Å². The quantitative estimate of drug-likeness (QED) is 0.454. The van der Waals surface area contributed by atoms with Crippen molar-refractivity contribution in [2.45, 2.75) is 10.0 Å². The van der Waals surface area contributed by atoms with E-state index < -0.39 is 12.6 Å². The zero-order chi connectivity index (χ0) is 15.0. The van der Waals surface area contributed by atoms with Crippen LogP contribution < -0.4 is 10.1 Å². The van der Waals surface area contributed by atoms with Gasteiger partial charge in [-0.1, -0.05) is 0 Å². The summed E-state index contributed by atoms with van der Waals surface area (Å²) in [6.07, 6.45) is 0.0365. The molecule has 0 aliphatic rings. The first-order valence-electron chi connectivity index (χ1n) is 6.12. The van der Waals surface area contributed by atoms with E-state index in [0.29, 0.717) is 38.2 Å². The fourth-order valence-corrected chi connectivity index (χ4v) is 3.23. The van der Waals surface area contributed by atoms with Gasteiger partial charge in [0.05, 0.1) is 0 Å². The molecule has 7 nitrogen and oxygen atoms in total. The molecule has 1 aromatic rings. The van der Waals surface area contributed by atoms with Crippen molar-refractivity contribution in [3.8, 4) is 5.75 Å². The second-order valence-corrected chi connectivity index (χ2v) is 6.28. The predicted octanol–water partition coefficient (Wildman–Crippen LogP) is -0.613. The van der Waals surface area contributed by atoms with Gasteiger partial charge in [0.2, 0.25) is 0 Å². The molecule has 0 aromatic heterocycles. The number of carbonyl (C=O) groups is 2. The van der Waals surface area contributed by atoms with Gasteiger partial charge >= 0.3 is 163 Å². The third-order valence-electron chi connectivity index (χ3n) is 2.63. The number of para-hydroxylation sites is 1. The molecule has 115 valence electrons. The molecule has 9 heteroatoms. The zero-order valence-corrected chi connectivity index (χ0v) is 17.3. The number of methoxy groups -OCH3 is 1. The summed E-state index contributed by atoms with van der Waals surface area (Å²) in [5, 5.41) is 11.4. The molecule has 1 rings (SSSR count). The van der Waals surface area contributed by atoms with Gasteiger partial charge in [-0.05, 0) is 0 Å². The second kappa shape index (κ2) is 13.3. The average molecular weight is 509 g/mol. The Morgan fingerprint density at radius 2 is 2.00 bits per heavy atom. The molecule has 0 aliphatic heterocycles. The van der Waals surface area contributed by atoms with E-state index in [-0.39, 0.29) is 52.8 Å². The van der Waals surface area contributed by atoms with Gasteiger partial charge in [0.15, 0.2) is 0 Å². The molecule has 1 atom stereocenters. The Hall–Kier alpha value is -0.185. The van der Waals surface area contributed by atoms with E-state index in [9.17, 15) is 9.59 Å². The van der Waals surface area contributed by atoms with Crippen LogP contribution in [-0.2, 0) is 35.7 Å². The van der Waals surface area contributed by atoms with E-state index >= 15 is 0 Å². The molecule has 0 radical (unpaired) electrons. The van der Waals surface area contributed by atoms with Crippen LogP contribution in [0.15, 0.2) is 24.3 Å². The molecule has 0 bridgehead atoms. The number of amides is 1. The summed E-state index contributed by atoms with van der Waals surface area (Å²) in [6, 6.07) is 6.55. The van der Waals surface area contributed by atoms with Gasteiger partial charge < -0.3 is 5.48 Å². The van der Waals surface area contributed by atoms with Crippen LogP contribution in [0.5, 0.6) is 5.75 Å². The topological polar surface area (TPSA) is 116 Å². The molecule has 1 amide bonds. The first kappa shape index (κ1) is 24.1. The van der Waals surface area contributed by atoms with Crippen LogP contribution >= 0.6 is 0 Å². The van der Waals surface area contributed by atoms with Crippen molar-refractivity contribution in [2.24, 2.45) is 0 Å². The minimum absolute atomic E-state index is 0. The Bertz CT molecular complexity index is 470. The van der Waals surface area contributed by atoms with Crippen molar-refractivity contribution in [1.82, 2.24) is 5.32 Å². The van der Waals surface area contributed by atoms with Gasteiger partial charge in [0.25, 0.3) is 0 Å². The van der Waals surface area contributed by atoms with E-state index in [1.807, 2.05) is 0 Å². The van der Waals surface area contributed by atoms with Crippen LogP contribution in [-0.4, -0.2) is 78.4 Å². The summed E-state index contributed by atoms with van der Waals surface area (Å²) in [4.78, 5) is 22.6. The number of ether oxygens (including phenoxy) is 2. The van der Waals surface area contributed by atoms with Crippen molar-refractivity contribution in [1.29, 1.82) is 0 Å². The fraction of sp³-hybridized carbons (Fsp3) is 0.385. The van der Waals surface area contributed by atoms with Crippen molar-refractivity contribution in [3.63, 3.8) is 0 Å². The monoisotopic (exact) mass is 510 g/mol. The summed E-state index contributed by atoms with van der Waals surface area (Å²) >= 11 is 0.605. The molecular formula is C13H19HgNNaO6. The second-order valence-electron chi connectivity index (χ2n) is 4.03. The molecule has 0 spiro atoms. The Labute approximate surface area is 167 Å². The van der Waals surface area contributed by atoms with E-state index in [1.54, 1.807) is 31.4 Å². The van der Waals surface area contributed by atoms with Gasteiger partial charge in [-0.3, -0.25) is 0 Å². The Balaban J connectivity index is 0. The van der Waals surface area contributed by atoms with Crippen LogP contribution in [0, 0.1) is 0 Å². The van der Waals surface area contributed by atoms with Crippen molar-refractivity contribution < 1.29 is 55.8 Å². The third-order valence-corrected chi connectivity index (χ3v) is 5.13. The SMILES string of the molecule is COC([CH2][Hg])CNC(=O)c1ccccc1OCC(=O)O.O.[NaH]. The van der Waals surface area contributed by atoms with Crippen LogP contribution in [0.2, 0.25) is 3.93 Å². The molecule has 0 fully saturated rings. The molecule has 0 heterocycles. The average Bonchev–Trinajstić information content (AvgIpc) is 2.46. The molecule has 1 unspecified atom stereocenters. The molecule has 4 N–H and O–H groups in total. The Kier molecular flexibility index (Phi) is 14.5. The van der Waals surface area contributed by atoms with E-state index in [0.717, 1.165) is 3.93 Å². The normalized spacial score (nSPS) is 10.7. The molecule has 0 saturated heterocycles. The minimum atomic E-state index is -1.09. The molecule has 22 heavy (non-hydrogen) atoms. The van der Waals surface area contributed by atoms with E-state index in [2.05, 4.69) is 5.32 Å². The molecule has 0 saturated carbocycles. The summed E-state index contributed by atoms with van der Waals surface area (Å²) in [5.74, 6) is -1.12. The van der Waals surface area contributed by atoms with Crippen LogP contribution in [0.4, 0.5) is 0 Å².